The van der Waals surface area contributed by atoms with Crippen molar-refractivity contribution in [2.24, 2.45) is 0 Å². The van der Waals surface area contributed by atoms with Gasteiger partial charge in [0.2, 0.25) is 0 Å². The fourth-order valence-electron chi connectivity index (χ4n) is 2.81. The zero-order chi connectivity index (χ0) is 20.5. The van der Waals surface area contributed by atoms with E-state index in [4.69, 9.17) is 11.6 Å². The molecule has 28 heavy (non-hydrogen) atoms. The predicted octanol–water partition coefficient (Wildman–Crippen LogP) is 4.47. The Labute approximate surface area is 164 Å². The topological polar surface area (TPSA) is 54.4 Å². The second kappa shape index (κ2) is 7.58. The first-order valence-electron chi connectivity index (χ1n) is 8.04. The lowest BCUT2D eigenvalue weighted by Gasteiger charge is -2.29. The van der Waals surface area contributed by atoms with Crippen molar-refractivity contribution in [2.75, 3.05) is 5.75 Å². The van der Waals surface area contributed by atoms with Gasteiger partial charge in [-0.05, 0) is 53.6 Å². The Kier molecular flexibility index (Phi) is 5.52. The number of halogens is 4. The van der Waals surface area contributed by atoms with Crippen molar-refractivity contribution in [3.8, 4) is 0 Å². The van der Waals surface area contributed by atoms with Crippen LogP contribution in [0.1, 0.15) is 11.1 Å². The summed E-state index contributed by atoms with van der Waals surface area (Å²) in [6.45, 7) is 0. The van der Waals surface area contributed by atoms with Gasteiger partial charge in [0.1, 0.15) is 23.1 Å². The largest absolute Gasteiger partial charge is 0.379 e. The molecule has 0 saturated heterocycles. The van der Waals surface area contributed by atoms with Crippen LogP contribution in [0.5, 0.6) is 0 Å². The maximum absolute atomic E-state index is 13.4. The Bertz CT molecular complexity index is 1050. The molecule has 0 heterocycles. The highest BCUT2D eigenvalue weighted by Crippen LogP contribution is 2.34. The first-order valence-corrected chi connectivity index (χ1v) is 10.1. The van der Waals surface area contributed by atoms with Crippen LogP contribution in [0.3, 0.4) is 0 Å². The molecule has 146 valence electrons. The highest BCUT2D eigenvalue weighted by Gasteiger charge is 2.38. The van der Waals surface area contributed by atoms with Crippen LogP contribution in [0.15, 0.2) is 71.6 Å². The van der Waals surface area contributed by atoms with Gasteiger partial charge in [-0.15, -0.1) is 0 Å². The molecule has 0 unspecified atom stereocenters. The Morgan fingerprint density at radius 1 is 0.821 bits per heavy atom. The number of aliphatic hydroxyl groups is 1. The molecule has 0 spiro atoms. The van der Waals surface area contributed by atoms with E-state index in [1.165, 1.54) is 24.3 Å². The van der Waals surface area contributed by atoms with Crippen molar-refractivity contribution in [3.63, 3.8) is 0 Å². The maximum atomic E-state index is 13.4. The molecule has 0 bridgehead atoms. The van der Waals surface area contributed by atoms with E-state index in [9.17, 15) is 26.7 Å². The summed E-state index contributed by atoms with van der Waals surface area (Å²) in [4.78, 5) is -0.290. The lowest BCUT2D eigenvalue weighted by molar-refractivity contribution is 0.105. The molecule has 8 heteroatoms. The van der Waals surface area contributed by atoms with Gasteiger partial charge in [0.15, 0.2) is 9.84 Å². The second-order valence-corrected chi connectivity index (χ2v) is 8.61. The average molecular weight is 427 g/mol. The first kappa shape index (κ1) is 20.4. The molecule has 3 nitrogen and oxygen atoms in total. The minimum atomic E-state index is -4.16. The van der Waals surface area contributed by atoms with Crippen LogP contribution in [0.2, 0.25) is 5.02 Å². The standard InChI is InChI=1S/C20H14ClF3O3S/c21-18-11-17(9-10-19(18)24)28(26,27)12-20(25,13-1-5-15(22)6-2-13)14-3-7-16(23)8-4-14/h1-11,25H,12H2. The van der Waals surface area contributed by atoms with Crippen molar-refractivity contribution in [1.82, 2.24) is 0 Å². The van der Waals surface area contributed by atoms with Crippen molar-refractivity contribution in [1.29, 1.82) is 0 Å². The summed E-state index contributed by atoms with van der Waals surface area (Å²) in [5.41, 5.74) is -1.92. The van der Waals surface area contributed by atoms with Gasteiger partial charge < -0.3 is 5.11 Å². The smallest absolute Gasteiger partial charge is 0.181 e. The van der Waals surface area contributed by atoms with Gasteiger partial charge in [-0.3, -0.25) is 0 Å². The van der Waals surface area contributed by atoms with Crippen LogP contribution < -0.4 is 0 Å². The molecule has 1 N–H and O–H groups in total. The number of benzene rings is 3. The maximum Gasteiger partial charge on any atom is 0.181 e. The summed E-state index contributed by atoms with van der Waals surface area (Å²) < 4.78 is 65.8. The summed E-state index contributed by atoms with van der Waals surface area (Å²) in [6.07, 6.45) is 0. The summed E-state index contributed by atoms with van der Waals surface area (Å²) in [5.74, 6) is -2.77. The summed E-state index contributed by atoms with van der Waals surface area (Å²) >= 11 is 5.67. The Morgan fingerprint density at radius 2 is 1.29 bits per heavy atom. The van der Waals surface area contributed by atoms with E-state index in [2.05, 4.69) is 0 Å². The van der Waals surface area contributed by atoms with E-state index < -0.39 is 38.6 Å². The Hall–Kier alpha value is -2.35. The third-order valence-electron chi connectivity index (χ3n) is 4.29. The minimum absolute atomic E-state index is 0.0947. The Balaban J connectivity index is 2.12. The van der Waals surface area contributed by atoms with Crippen molar-refractivity contribution < 1.29 is 26.7 Å². The van der Waals surface area contributed by atoms with Gasteiger partial charge in [-0.1, -0.05) is 35.9 Å². The SMILES string of the molecule is O=S(=O)(CC(O)(c1ccc(F)cc1)c1ccc(F)cc1)c1ccc(F)c(Cl)c1. The quantitative estimate of drug-likeness (QED) is 0.612. The zero-order valence-electron chi connectivity index (χ0n) is 14.2. The molecule has 0 fully saturated rings. The predicted molar refractivity (Wildman–Crippen MR) is 99.3 cm³/mol. The molecule has 0 radical (unpaired) electrons. The molecule has 3 aromatic rings. The first-order chi connectivity index (χ1) is 13.1. The summed E-state index contributed by atoms with van der Waals surface area (Å²) in [5, 5.41) is 10.9. The van der Waals surface area contributed by atoms with Crippen LogP contribution in [-0.4, -0.2) is 19.3 Å². The molecular formula is C20H14ClF3O3S. The van der Waals surface area contributed by atoms with Crippen molar-refractivity contribution >= 4 is 21.4 Å². The van der Waals surface area contributed by atoms with Gasteiger partial charge >= 0.3 is 0 Å². The van der Waals surface area contributed by atoms with E-state index >= 15 is 0 Å². The molecule has 0 aromatic heterocycles. The monoisotopic (exact) mass is 426 g/mol. The molecule has 0 amide bonds. The van der Waals surface area contributed by atoms with E-state index in [0.29, 0.717) is 0 Å². The highest BCUT2D eigenvalue weighted by atomic mass is 35.5. The fraction of sp³-hybridized carbons (Fsp3) is 0.100. The number of rotatable bonds is 5. The molecule has 0 atom stereocenters. The third kappa shape index (κ3) is 4.06. The van der Waals surface area contributed by atoms with Gasteiger partial charge in [0.25, 0.3) is 0 Å². The van der Waals surface area contributed by atoms with Crippen LogP contribution in [0.25, 0.3) is 0 Å². The van der Waals surface area contributed by atoms with Gasteiger partial charge in [0, 0.05) is 0 Å². The van der Waals surface area contributed by atoms with E-state index in [1.807, 2.05) is 0 Å². The van der Waals surface area contributed by atoms with Crippen LogP contribution in [-0.2, 0) is 15.4 Å². The molecule has 3 aromatic carbocycles. The molecule has 0 aliphatic heterocycles. The summed E-state index contributed by atoms with van der Waals surface area (Å²) in [6, 6.07) is 12.2. The lowest BCUT2D eigenvalue weighted by atomic mass is 9.88. The number of sulfone groups is 1. The average Bonchev–Trinajstić information content (AvgIpc) is 2.64. The van der Waals surface area contributed by atoms with E-state index in [-0.39, 0.29) is 21.0 Å². The van der Waals surface area contributed by atoms with E-state index in [0.717, 1.165) is 42.5 Å². The molecular weight excluding hydrogens is 413 g/mol. The zero-order valence-corrected chi connectivity index (χ0v) is 15.8. The van der Waals surface area contributed by atoms with Gasteiger partial charge in [-0.2, -0.15) is 0 Å². The highest BCUT2D eigenvalue weighted by molar-refractivity contribution is 7.91. The van der Waals surface area contributed by atoms with Crippen LogP contribution >= 0.6 is 11.6 Å². The van der Waals surface area contributed by atoms with E-state index in [1.54, 1.807) is 0 Å². The van der Waals surface area contributed by atoms with Gasteiger partial charge in [0.05, 0.1) is 15.7 Å². The van der Waals surface area contributed by atoms with Crippen LogP contribution in [0, 0.1) is 17.5 Å². The normalized spacial score (nSPS) is 12.2. The molecule has 0 aliphatic carbocycles. The Morgan fingerprint density at radius 3 is 1.71 bits per heavy atom. The minimum Gasteiger partial charge on any atom is -0.379 e. The van der Waals surface area contributed by atoms with Crippen molar-refractivity contribution in [3.05, 3.63) is 100 Å². The molecule has 3 rings (SSSR count). The lowest BCUT2D eigenvalue weighted by Crippen LogP contribution is -2.36. The van der Waals surface area contributed by atoms with Crippen molar-refractivity contribution in [2.45, 2.75) is 10.5 Å². The third-order valence-corrected chi connectivity index (χ3v) is 6.35. The second-order valence-electron chi connectivity index (χ2n) is 6.21. The summed E-state index contributed by atoms with van der Waals surface area (Å²) in [7, 11) is -4.16. The number of hydrogen-bond acceptors (Lipinski definition) is 3. The fourth-order valence-corrected chi connectivity index (χ4v) is 4.68. The van der Waals surface area contributed by atoms with Gasteiger partial charge in [-0.25, -0.2) is 21.6 Å². The number of hydrogen-bond donors (Lipinski definition) is 1. The molecule has 0 saturated carbocycles. The van der Waals surface area contributed by atoms with Crippen LogP contribution in [0.4, 0.5) is 13.2 Å². The molecule has 0 aliphatic rings.